The van der Waals surface area contributed by atoms with Gasteiger partial charge in [0.1, 0.15) is 0 Å². The van der Waals surface area contributed by atoms with E-state index in [1.807, 2.05) is 37.3 Å². The molecule has 0 unspecified atom stereocenters. The fraction of sp³-hybridized carbons (Fsp3) is 0.455. The van der Waals surface area contributed by atoms with E-state index in [-0.39, 0.29) is 5.41 Å². The van der Waals surface area contributed by atoms with Crippen LogP contribution in [-0.2, 0) is 10.2 Å². The summed E-state index contributed by atoms with van der Waals surface area (Å²) in [6, 6.07) is 9.99. The Hall–Kier alpha value is -0.860. The van der Waals surface area contributed by atoms with E-state index in [0.717, 1.165) is 5.56 Å². The van der Waals surface area contributed by atoms with E-state index in [0.29, 0.717) is 6.42 Å². The Bertz CT molecular complexity index is 309. The van der Waals surface area contributed by atoms with Crippen LogP contribution in [0.3, 0.4) is 0 Å². The average molecular weight is 178 g/mol. The summed E-state index contributed by atoms with van der Waals surface area (Å²) in [5.41, 5.74) is 0.919. The van der Waals surface area contributed by atoms with Crippen molar-refractivity contribution in [3.63, 3.8) is 0 Å². The molecular formula is C11H14O2. The van der Waals surface area contributed by atoms with Gasteiger partial charge in [-0.25, -0.2) is 0 Å². The van der Waals surface area contributed by atoms with Gasteiger partial charge in [0.2, 0.25) is 0 Å². The van der Waals surface area contributed by atoms with Crippen molar-refractivity contribution in [2.24, 2.45) is 0 Å². The molecule has 2 atom stereocenters. The molecule has 0 spiro atoms. The van der Waals surface area contributed by atoms with Gasteiger partial charge in [0.15, 0.2) is 5.79 Å². The van der Waals surface area contributed by atoms with E-state index >= 15 is 0 Å². The standard InChI is InChI=1S/C11H14O2/c1-10(8-11(10,12)13-2)9-6-4-3-5-7-9/h3-7,12H,8H2,1-2H3/t10-,11+/m1/s1. The molecule has 1 aromatic rings. The van der Waals surface area contributed by atoms with Crippen molar-refractivity contribution >= 4 is 0 Å². The first-order chi connectivity index (χ1) is 6.12. The Balaban J connectivity index is 2.30. The number of hydrogen-bond donors (Lipinski definition) is 1. The SMILES string of the molecule is CO[C@@]1(O)C[C@]1(C)c1ccccc1. The van der Waals surface area contributed by atoms with Gasteiger partial charge in [-0.15, -0.1) is 0 Å². The van der Waals surface area contributed by atoms with Crippen LogP contribution in [0.2, 0.25) is 0 Å². The van der Waals surface area contributed by atoms with Crippen LogP contribution in [0.5, 0.6) is 0 Å². The quantitative estimate of drug-likeness (QED) is 0.698. The van der Waals surface area contributed by atoms with Gasteiger partial charge in [-0.05, 0) is 5.56 Å². The van der Waals surface area contributed by atoms with Crippen LogP contribution in [-0.4, -0.2) is 18.0 Å². The van der Waals surface area contributed by atoms with Gasteiger partial charge in [0.25, 0.3) is 0 Å². The van der Waals surface area contributed by atoms with Crippen LogP contribution < -0.4 is 0 Å². The van der Waals surface area contributed by atoms with Gasteiger partial charge in [-0.1, -0.05) is 37.3 Å². The van der Waals surface area contributed by atoms with Crippen LogP contribution in [0.1, 0.15) is 18.9 Å². The number of hydrogen-bond acceptors (Lipinski definition) is 2. The van der Waals surface area contributed by atoms with E-state index in [9.17, 15) is 5.11 Å². The molecule has 13 heavy (non-hydrogen) atoms. The van der Waals surface area contributed by atoms with Crippen molar-refractivity contribution < 1.29 is 9.84 Å². The molecule has 0 saturated heterocycles. The van der Waals surface area contributed by atoms with E-state index in [4.69, 9.17) is 4.74 Å². The fourth-order valence-electron chi connectivity index (χ4n) is 1.87. The minimum absolute atomic E-state index is 0.219. The third kappa shape index (κ3) is 1.10. The lowest BCUT2D eigenvalue weighted by Gasteiger charge is -2.16. The van der Waals surface area contributed by atoms with Crippen molar-refractivity contribution in [2.75, 3.05) is 7.11 Å². The maximum Gasteiger partial charge on any atom is 0.175 e. The van der Waals surface area contributed by atoms with Crippen LogP contribution in [0, 0.1) is 0 Å². The monoisotopic (exact) mass is 178 g/mol. The van der Waals surface area contributed by atoms with Gasteiger partial charge < -0.3 is 9.84 Å². The van der Waals surface area contributed by atoms with Crippen molar-refractivity contribution in [1.29, 1.82) is 0 Å². The zero-order valence-corrected chi connectivity index (χ0v) is 7.95. The number of aliphatic hydroxyl groups is 1. The lowest BCUT2D eigenvalue weighted by Crippen LogP contribution is -2.22. The second-order valence-corrected chi connectivity index (χ2v) is 3.86. The molecule has 0 amide bonds. The molecule has 2 heteroatoms. The number of benzene rings is 1. The van der Waals surface area contributed by atoms with Crippen molar-refractivity contribution in [2.45, 2.75) is 24.5 Å². The molecule has 0 bridgehead atoms. The predicted octanol–water partition coefficient (Wildman–Crippen LogP) is 1.68. The van der Waals surface area contributed by atoms with Crippen LogP contribution in [0.4, 0.5) is 0 Å². The minimum atomic E-state index is -0.950. The van der Waals surface area contributed by atoms with Crippen LogP contribution >= 0.6 is 0 Å². The molecule has 0 aromatic heterocycles. The minimum Gasteiger partial charge on any atom is -0.365 e. The molecule has 0 aliphatic heterocycles. The van der Waals surface area contributed by atoms with E-state index in [2.05, 4.69) is 0 Å². The smallest absolute Gasteiger partial charge is 0.175 e. The van der Waals surface area contributed by atoms with Crippen LogP contribution in [0.15, 0.2) is 30.3 Å². The molecule has 2 rings (SSSR count). The van der Waals surface area contributed by atoms with E-state index in [1.165, 1.54) is 0 Å². The molecule has 1 aliphatic carbocycles. The maximum absolute atomic E-state index is 9.89. The third-order valence-corrected chi connectivity index (χ3v) is 3.08. The largest absolute Gasteiger partial charge is 0.365 e. The van der Waals surface area contributed by atoms with Crippen molar-refractivity contribution in [3.8, 4) is 0 Å². The summed E-state index contributed by atoms with van der Waals surface area (Å²) < 4.78 is 5.07. The zero-order valence-electron chi connectivity index (χ0n) is 7.95. The van der Waals surface area contributed by atoms with Crippen molar-refractivity contribution in [3.05, 3.63) is 35.9 Å². The molecule has 1 saturated carbocycles. The summed E-state index contributed by atoms with van der Waals surface area (Å²) >= 11 is 0. The summed E-state index contributed by atoms with van der Waals surface area (Å²) in [5.74, 6) is -0.950. The van der Waals surface area contributed by atoms with Gasteiger partial charge in [-0.2, -0.15) is 0 Å². The Morgan fingerprint density at radius 3 is 2.38 bits per heavy atom. The second kappa shape index (κ2) is 2.56. The third-order valence-electron chi connectivity index (χ3n) is 3.08. The highest BCUT2D eigenvalue weighted by molar-refractivity contribution is 5.36. The molecule has 0 radical (unpaired) electrons. The summed E-state index contributed by atoms with van der Waals surface area (Å²) in [7, 11) is 1.55. The average Bonchev–Trinajstić information content (AvgIpc) is 2.74. The van der Waals surface area contributed by atoms with E-state index in [1.54, 1.807) is 7.11 Å². The molecule has 1 aliphatic rings. The first kappa shape index (κ1) is 8.73. The van der Waals surface area contributed by atoms with Crippen molar-refractivity contribution in [1.82, 2.24) is 0 Å². The molecule has 1 aromatic carbocycles. The Morgan fingerprint density at radius 1 is 1.31 bits per heavy atom. The number of methoxy groups -OCH3 is 1. The number of ether oxygens (including phenoxy) is 1. The summed E-state index contributed by atoms with van der Waals surface area (Å²) in [4.78, 5) is 0. The van der Waals surface area contributed by atoms with Gasteiger partial charge in [-0.3, -0.25) is 0 Å². The Labute approximate surface area is 78.2 Å². The lowest BCUT2D eigenvalue weighted by molar-refractivity contribution is -0.117. The Morgan fingerprint density at radius 2 is 1.92 bits per heavy atom. The summed E-state index contributed by atoms with van der Waals surface area (Å²) in [6.07, 6.45) is 0.681. The van der Waals surface area contributed by atoms with Gasteiger partial charge >= 0.3 is 0 Å². The highest BCUT2D eigenvalue weighted by Crippen LogP contribution is 2.57. The number of rotatable bonds is 2. The highest BCUT2D eigenvalue weighted by Gasteiger charge is 2.65. The molecule has 1 N–H and O–H groups in total. The lowest BCUT2D eigenvalue weighted by atomic mass is 9.97. The highest BCUT2D eigenvalue weighted by atomic mass is 16.6. The molecule has 70 valence electrons. The predicted molar refractivity (Wildman–Crippen MR) is 50.4 cm³/mol. The topological polar surface area (TPSA) is 29.5 Å². The first-order valence-electron chi connectivity index (χ1n) is 4.45. The van der Waals surface area contributed by atoms with Gasteiger partial charge in [0.05, 0.1) is 5.41 Å². The Kier molecular flexibility index (Phi) is 1.72. The van der Waals surface area contributed by atoms with E-state index < -0.39 is 5.79 Å². The molecule has 1 fully saturated rings. The first-order valence-corrected chi connectivity index (χ1v) is 4.45. The van der Waals surface area contributed by atoms with Gasteiger partial charge in [0, 0.05) is 13.5 Å². The maximum atomic E-state index is 9.89. The summed E-state index contributed by atoms with van der Waals surface area (Å²) in [5, 5.41) is 9.89. The van der Waals surface area contributed by atoms with Crippen LogP contribution in [0.25, 0.3) is 0 Å². The molecule has 2 nitrogen and oxygen atoms in total. The summed E-state index contributed by atoms with van der Waals surface area (Å²) in [6.45, 7) is 2.02. The zero-order chi connectivity index (χ0) is 9.53. The molecule has 0 heterocycles. The normalized spacial score (nSPS) is 37.5. The second-order valence-electron chi connectivity index (χ2n) is 3.86. The molecular weight excluding hydrogens is 164 g/mol. The fourth-order valence-corrected chi connectivity index (χ4v) is 1.87.